The minimum absolute atomic E-state index is 0.841. The molecule has 0 spiro atoms. The highest BCUT2D eigenvalue weighted by molar-refractivity contribution is 5.80. The quantitative estimate of drug-likeness (QED) is 0.565. The first kappa shape index (κ1) is 13.8. The lowest BCUT2D eigenvalue weighted by Gasteiger charge is -2.24. The van der Waals surface area contributed by atoms with Crippen LogP contribution in [0.2, 0.25) is 0 Å². The molecule has 0 aromatic rings. The van der Waals surface area contributed by atoms with Crippen molar-refractivity contribution in [2.75, 3.05) is 7.11 Å². The molecule has 98 valence electrons. The summed E-state index contributed by atoms with van der Waals surface area (Å²) in [4.78, 5) is 11.2. The van der Waals surface area contributed by atoms with Crippen LogP contribution < -0.4 is 0 Å². The summed E-state index contributed by atoms with van der Waals surface area (Å²) in [5.74, 6) is -6.01. The lowest BCUT2D eigenvalue weighted by molar-refractivity contribution is -0.289. The molecule has 2 atom stereocenters. The van der Waals surface area contributed by atoms with Gasteiger partial charge in [-0.1, -0.05) is 0 Å². The summed E-state index contributed by atoms with van der Waals surface area (Å²) in [6.45, 7) is 1.09. The molecule has 0 aromatic heterocycles. The Labute approximate surface area is 92.8 Å². The number of azo groups is 1. The SMILES string of the molecule is COC(=O)C1(C)CC(C(F)(F)C(F)(F)F)N=N1. The number of rotatable bonds is 2. The number of ether oxygens (including phenoxy) is 1. The lowest BCUT2D eigenvalue weighted by Crippen LogP contribution is -2.47. The Balaban J connectivity index is 2.90. The first-order chi connectivity index (χ1) is 7.54. The van der Waals surface area contributed by atoms with Gasteiger partial charge in [0.05, 0.1) is 7.11 Å². The van der Waals surface area contributed by atoms with Gasteiger partial charge >= 0.3 is 18.1 Å². The summed E-state index contributed by atoms with van der Waals surface area (Å²) in [5, 5.41) is 6.02. The molecule has 1 aliphatic heterocycles. The number of halogens is 5. The van der Waals surface area contributed by atoms with E-state index in [4.69, 9.17) is 0 Å². The van der Waals surface area contributed by atoms with Gasteiger partial charge < -0.3 is 4.74 Å². The van der Waals surface area contributed by atoms with Crippen molar-refractivity contribution in [1.29, 1.82) is 0 Å². The van der Waals surface area contributed by atoms with E-state index < -0.39 is 36.1 Å². The Morgan fingerprint density at radius 3 is 2.29 bits per heavy atom. The second-order valence-corrected chi connectivity index (χ2v) is 3.82. The smallest absolute Gasteiger partial charge is 0.455 e. The van der Waals surface area contributed by atoms with Crippen LogP contribution in [-0.4, -0.2) is 36.8 Å². The largest absolute Gasteiger partial charge is 0.467 e. The molecule has 0 fully saturated rings. The van der Waals surface area contributed by atoms with Gasteiger partial charge in [0.1, 0.15) is 6.04 Å². The monoisotopic (exact) mass is 260 g/mol. The fourth-order valence-electron chi connectivity index (χ4n) is 1.39. The van der Waals surface area contributed by atoms with Crippen molar-refractivity contribution in [3.63, 3.8) is 0 Å². The highest BCUT2D eigenvalue weighted by atomic mass is 19.4. The predicted octanol–water partition coefficient (Wildman–Crippen LogP) is 2.34. The van der Waals surface area contributed by atoms with Gasteiger partial charge in [-0.05, 0) is 6.92 Å². The molecule has 1 aliphatic rings. The normalized spacial score (nSPS) is 29.5. The van der Waals surface area contributed by atoms with Gasteiger partial charge in [-0.2, -0.15) is 32.2 Å². The average Bonchev–Trinajstić information content (AvgIpc) is 2.60. The zero-order chi connectivity index (χ0) is 13.5. The molecule has 0 amide bonds. The molecule has 0 saturated heterocycles. The van der Waals surface area contributed by atoms with Gasteiger partial charge in [0, 0.05) is 6.42 Å². The topological polar surface area (TPSA) is 51.0 Å². The van der Waals surface area contributed by atoms with E-state index in [1.165, 1.54) is 0 Å². The van der Waals surface area contributed by atoms with E-state index in [1.807, 2.05) is 0 Å². The van der Waals surface area contributed by atoms with Crippen LogP contribution in [0, 0.1) is 0 Å². The molecular weight excluding hydrogens is 251 g/mol. The van der Waals surface area contributed by atoms with E-state index in [2.05, 4.69) is 15.0 Å². The lowest BCUT2D eigenvalue weighted by atomic mass is 9.93. The summed E-state index contributed by atoms with van der Waals surface area (Å²) in [5.41, 5.74) is -1.78. The van der Waals surface area contributed by atoms with Gasteiger partial charge in [-0.3, -0.25) is 0 Å². The maximum absolute atomic E-state index is 12.9. The van der Waals surface area contributed by atoms with E-state index in [9.17, 15) is 26.7 Å². The number of alkyl halides is 5. The predicted molar refractivity (Wildman–Crippen MR) is 44.7 cm³/mol. The highest BCUT2D eigenvalue weighted by Gasteiger charge is 2.65. The number of nitrogens with zero attached hydrogens (tertiary/aromatic N) is 2. The van der Waals surface area contributed by atoms with Crippen molar-refractivity contribution in [3.05, 3.63) is 0 Å². The van der Waals surface area contributed by atoms with Crippen LogP contribution in [0.5, 0.6) is 0 Å². The molecule has 4 nitrogen and oxygen atoms in total. The van der Waals surface area contributed by atoms with E-state index in [-0.39, 0.29) is 0 Å². The maximum atomic E-state index is 12.9. The van der Waals surface area contributed by atoms with Crippen LogP contribution in [0.15, 0.2) is 10.2 Å². The Bertz CT molecular complexity index is 354. The third-order valence-electron chi connectivity index (χ3n) is 2.43. The van der Waals surface area contributed by atoms with Gasteiger partial charge in [-0.25, -0.2) is 4.79 Å². The molecule has 17 heavy (non-hydrogen) atoms. The third-order valence-corrected chi connectivity index (χ3v) is 2.43. The summed E-state index contributed by atoms with van der Waals surface area (Å²) >= 11 is 0. The Morgan fingerprint density at radius 2 is 1.88 bits per heavy atom. The number of carbonyl (C=O) groups excluding carboxylic acids is 1. The van der Waals surface area contributed by atoms with E-state index >= 15 is 0 Å². The Kier molecular flexibility index (Phi) is 3.15. The zero-order valence-electron chi connectivity index (χ0n) is 8.89. The minimum Gasteiger partial charge on any atom is -0.467 e. The van der Waals surface area contributed by atoms with Gasteiger partial charge in [0.2, 0.25) is 0 Å². The molecule has 0 aromatic carbocycles. The van der Waals surface area contributed by atoms with Crippen LogP contribution in [0.3, 0.4) is 0 Å². The van der Waals surface area contributed by atoms with Crippen molar-refractivity contribution in [3.8, 4) is 0 Å². The van der Waals surface area contributed by atoms with E-state index in [0.717, 1.165) is 14.0 Å². The molecule has 0 saturated carbocycles. The summed E-state index contributed by atoms with van der Waals surface area (Å²) in [6, 6.07) is -2.40. The van der Waals surface area contributed by atoms with Gasteiger partial charge in [0.15, 0.2) is 5.54 Å². The van der Waals surface area contributed by atoms with Crippen molar-refractivity contribution >= 4 is 5.97 Å². The fraction of sp³-hybridized carbons (Fsp3) is 0.875. The van der Waals surface area contributed by atoms with Gasteiger partial charge in [0.25, 0.3) is 0 Å². The third kappa shape index (κ3) is 2.22. The fourth-order valence-corrected chi connectivity index (χ4v) is 1.39. The van der Waals surface area contributed by atoms with Crippen LogP contribution in [0.25, 0.3) is 0 Å². The van der Waals surface area contributed by atoms with Crippen molar-refractivity contribution in [2.24, 2.45) is 10.2 Å². The average molecular weight is 260 g/mol. The summed E-state index contributed by atoms with van der Waals surface area (Å²) in [6.07, 6.45) is -6.57. The van der Waals surface area contributed by atoms with E-state index in [1.54, 1.807) is 0 Å². The Morgan fingerprint density at radius 1 is 1.35 bits per heavy atom. The standard InChI is InChI=1S/C8H9F5N2O2/c1-6(5(16)17-2)3-4(14-15-6)7(9,10)8(11,12)13/h4H,3H2,1-2H3. The second-order valence-electron chi connectivity index (χ2n) is 3.82. The molecule has 0 N–H and O–H groups in total. The Hall–Kier alpha value is -1.28. The number of esters is 1. The molecule has 9 heteroatoms. The number of carbonyl (C=O) groups is 1. The van der Waals surface area contributed by atoms with Crippen LogP contribution in [-0.2, 0) is 9.53 Å². The molecule has 0 bridgehead atoms. The molecule has 1 rings (SSSR count). The maximum Gasteiger partial charge on any atom is 0.455 e. The number of methoxy groups -OCH3 is 1. The number of hydrogen-bond acceptors (Lipinski definition) is 4. The van der Waals surface area contributed by atoms with Crippen molar-refractivity contribution in [1.82, 2.24) is 0 Å². The molecule has 2 unspecified atom stereocenters. The summed E-state index contributed by atoms with van der Waals surface area (Å²) in [7, 11) is 0.984. The molecule has 0 aliphatic carbocycles. The summed E-state index contributed by atoms with van der Waals surface area (Å²) < 4.78 is 66.3. The highest BCUT2D eigenvalue weighted by Crippen LogP contribution is 2.45. The number of hydrogen-bond donors (Lipinski definition) is 0. The van der Waals surface area contributed by atoms with E-state index in [0.29, 0.717) is 0 Å². The first-order valence-electron chi connectivity index (χ1n) is 4.49. The molecule has 0 radical (unpaired) electrons. The van der Waals surface area contributed by atoms with Crippen molar-refractivity contribution in [2.45, 2.75) is 37.0 Å². The molecule has 1 heterocycles. The van der Waals surface area contributed by atoms with Crippen LogP contribution >= 0.6 is 0 Å². The minimum atomic E-state index is -5.72. The van der Waals surface area contributed by atoms with Crippen LogP contribution in [0.4, 0.5) is 22.0 Å². The van der Waals surface area contributed by atoms with Gasteiger partial charge in [-0.15, -0.1) is 0 Å². The second kappa shape index (κ2) is 3.88. The van der Waals surface area contributed by atoms with Crippen molar-refractivity contribution < 1.29 is 31.5 Å². The zero-order valence-corrected chi connectivity index (χ0v) is 8.89. The first-order valence-corrected chi connectivity index (χ1v) is 4.49. The molecular formula is C8H9F5N2O2. The van der Waals surface area contributed by atoms with Crippen LogP contribution in [0.1, 0.15) is 13.3 Å².